The number of anilines is 3. The molecule has 1 aliphatic carbocycles. The second-order valence-electron chi connectivity index (χ2n) is 11.2. The lowest BCUT2D eigenvalue weighted by Crippen LogP contribution is -2.35. The largest absolute Gasteiger partial charge is 0.310 e. The first-order valence-electron chi connectivity index (χ1n) is 14.6. The molecule has 7 aromatic rings. The van der Waals surface area contributed by atoms with Gasteiger partial charge in [-0.25, -0.2) is 8.42 Å². The van der Waals surface area contributed by atoms with Crippen molar-refractivity contribution in [1.29, 1.82) is 0 Å². The van der Waals surface area contributed by atoms with Crippen molar-refractivity contribution in [2.75, 3.05) is 4.90 Å². The number of hydrogen-bond acceptors (Lipinski definition) is 6. The summed E-state index contributed by atoms with van der Waals surface area (Å²) in [6.07, 6.45) is 1.73. The van der Waals surface area contributed by atoms with Crippen molar-refractivity contribution < 1.29 is 8.42 Å². The number of para-hydroxylation sites is 2. The first kappa shape index (κ1) is 26.6. The fraction of sp³-hybridized carbons (Fsp3) is 0.0263. The highest BCUT2D eigenvalue weighted by atomic mass is 32.2. The van der Waals surface area contributed by atoms with E-state index < -0.39 is 15.3 Å². The van der Waals surface area contributed by atoms with Crippen molar-refractivity contribution in [2.45, 2.75) is 15.2 Å². The third-order valence-corrected chi connectivity index (χ3v) is 12.8. The van der Waals surface area contributed by atoms with E-state index in [4.69, 9.17) is 0 Å². The van der Waals surface area contributed by atoms with E-state index in [1.807, 2.05) is 65.1 Å². The molecule has 1 spiro atoms. The predicted molar refractivity (Wildman–Crippen MR) is 183 cm³/mol. The van der Waals surface area contributed by atoms with Gasteiger partial charge in [0.1, 0.15) is 0 Å². The van der Waals surface area contributed by atoms with Crippen molar-refractivity contribution in [3.8, 4) is 21.0 Å². The zero-order valence-corrected chi connectivity index (χ0v) is 26.2. The number of hydrogen-bond donors (Lipinski definition) is 0. The van der Waals surface area contributed by atoms with E-state index in [9.17, 15) is 8.42 Å². The summed E-state index contributed by atoms with van der Waals surface area (Å²) < 4.78 is 27.4. The molecule has 216 valence electrons. The molecule has 0 unspecified atom stereocenters. The summed E-state index contributed by atoms with van der Waals surface area (Å²) in [7, 11) is -3.72. The molecule has 0 radical (unpaired) electrons. The Morgan fingerprint density at radius 3 is 1.64 bits per heavy atom. The van der Waals surface area contributed by atoms with Crippen LogP contribution in [-0.4, -0.2) is 13.4 Å². The molecule has 4 nitrogen and oxygen atoms in total. The lowest BCUT2D eigenvalue weighted by atomic mass is 9.65. The van der Waals surface area contributed by atoms with Crippen LogP contribution in [0.15, 0.2) is 154 Å². The van der Waals surface area contributed by atoms with Gasteiger partial charge in [0, 0.05) is 27.2 Å². The van der Waals surface area contributed by atoms with Crippen LogP contribution in [-0.2, 0) is 15.3 Å². The summed E-state index contributed by atoms with van der Waals surface area (Å²) in [5.41, 5.74) is 9.49. The van der Waals surface area contributed by atoms with E-state index >= 15 is 0 Å². The average molecular weight is 637 g/mol. The van der Waals surface area contributed by atoms with Gasteiger partial charge in [0.05, 0.1) is 32.3 Å². The van der Waals surface area contributed by atoms with Crippen molar-refractivity contribution in [3.05, 3.63) is 167 Å². The topological polar surface area (TPSA) is 50.3 Å². The summed E-state index contributed by atoms with van der Waals surface area (Å²) in [5, 5.41) is 4.41. The summed E-state index contributed by atoms with van der Waals surface area (Å²) in [5.74, 6) is 0. The predicted octanol–water partition coefficient (Wildman–Crippen LogP) is 9.85. The fourth-order valence-corrected chi connectivity index (χ4v) is 10.4. The normalized spacial score (nSPS) is 14.1. The Labute approximate surface area is 269 Å². The van der Waals surface area contributed by atoms with Gasteiger partial charge in [-0.15, -0.1) is 22.7 Å². The number of pyridine rings is 1. The number of nitrogens with zero attached hydrogens (tertiary/aromatic N) is 2. The molecule has 4 heterocycles. The number of rotatable bonds is 4. The lowest BCUT2D eigenvalue weighted by Gasteiger charge is -2.44. The van der Waals surface area contributed by atoms with Gasteiger partial charge in [0.15, 0.2) is 0 Å². The maximum atomic E-state index is 13.7. The van der Waals surface area contributed by atoms with E-state index in [1.165, 1.54) is 32.0 Å². The average Bonchev–Trinajstić information content (AvgIpc) is 3.83. The second-order valence-corrected chi connectivity index (χ2v) is 15.0. The van der Waals surface area contributed by atoms with E-state index in [-0.39, 0.29) is 9.79 Å². The molecule has 0 saturated heterocycles. The SMILES string of the molecule is O=S(=O)(c1ccc(-c2ccccn2)cc1)c1ccc(N2c3ccccc3C3(c4ccccc42)c2ccsc2-c2sccc23)cc1. The van der Waals surface area contributed by atoms with Crippen molar-refractivity contribution in [3.63, 3.8) is 0 Å². The molecule has 0 bridgehead atoms. The molecule has 45 heavy (non-hydrogen) atoms. The highest BCUT2D eigenvalue weighted by Crippen LogP contribution is 2.65. The van der Waals surface area contributed by atoms with Gasteiger partial charge in [-0.3, -0.25) is 4.98 Å². The van der Waals surface area contributed by atoms with Gasteiger partial charge in [-0.05, 0) is 106 Å². The molecular formula is C38H24N2O2S3. The minimum absolute atomic E-state index is 0.255. The zero-order valence-electron chi connectivity index (χ0n) is 23.8. The third-order valence-electron chi connectivity index (χ3n) is 8.97. The number of aromatic nitrogens is 1. The van der Waals surface area contributed by atoms with Crippen molar-refractivity contribution >= 4 is 49.6 Å². The number of sulfone groups is 1. The molecule has 9 rings (SSSR count). The van der Waals surface area contributed by atoms with Crippen LogP contribution < -0.4 is 4.90 Å². The van der Waals surface area contributed by atoms with Gasteiger partial charge in [0.2, 0.25) is 9.84 Å². The van der Waals surface area contributed by atoms with Crippen LogP contribution in [0.1, 0.15) is 22.3 Å². The van der Waals surface area contributed by atoms with Crippen LogP contribution in [0.2, 0.25) is 0 Å². The van der Waals surface area contributed by atoms with Gasteiger partial charge in [0.25, 0.3) is 0 Å². The Hall–Kier alpha value is -4.82. The van der Waals surface area contributed by atoms with Crippen LogP contribution in [0.25, 0.3) is 21.0 Å². The second kappa shape index (κ2) is 9.84. The van der Waals surface area contributed by atoms with E-state index in [1.54, 1.807) is 30.5 Å². The number of thiophene rings is 2. The number of fused-ring (bicyclic) bond motifs is 9. The van der Waals surface area contributed by atoms with Crippen LogP contribution in [0.4, 0.5) is 17.1 Å². The Balaban J connectivity index is 1.15. The molecule has 0 amide bonds. The summed E-state index contributed by atoms with van der Waals surface area (Å²) in [6.45, 7) is 0. The Morgan fingerprint density at radius 1 is 0.556 bits per heavy atom. The van der Waals surface area contributed by atoms with Crippen LogP contribution in [0.5, 0.6) is 0 Å². The first-order chi connectivity index (χ1) is 22.1. The van der Waals surface area contributed by atoms with Crippen LogP contribution in [0, 0.1) is 0 Å². The Morgan fingerprint density at radius 2 is 1.09 bits per heavy atom. The standard InChI is InChI=1S/C38H24N2O2S3/c41-45(42,27-16-12-25(13-17-27)33-9-5-6-22-39-33)28-18-14-26(15-19-28)40-34-10-3-1-7-29(34)38(30-8-2-4-11-35(30)40)31-20-23-43-36(31)37-32(38)21-24-44-37/h1-24H. The molecule has 0 N–H and O–H groups in total. The maximum Gasteiger partial charge on any atom is 0.206 e. The lowest BCUT2D eigenvalue weighted by molar-refractivity contribution is 0.596. The van der Waals surface area contributed by atoms with Crippen molar-refractivity contribution in [1.82, 2.24) is 4.98 Å². The van der Waals surface area contributed by atoms with E-state index in [2.05, 4.69) is 81.3 Å². The summed E-state index contributed by atoms with van der Waals surface area (Å²) >= 11 is 3.62. The molecule has 7 heteroatoms. The Kier molecular flexibility index (Phi) is 5.81. The smallest absolute Gasteiger partial charge is 0.206 e. The minimum atomic E-state index is -3.72. The van der Waals surface area contributed by atoms with Crippen LogP contribution in [0.3, 0.4) is 0 Å². The van der Waals surface area contributed by atoms with Crippen molar-refractivity contribution in [2.24, 2.45) is 0 Å². The molecule has 2 aliphatic rings. The molecule has 0 saturated carbocycles. The molecule has 3 aromatic heterocycles. The molecule has 4 aromatic carbocycles. The zero-order chi connectivity index (χ0) is 30.2. The van der Waals surface area contributed by atoms with Gasteiger partial charge >= 0.3 is 0 Å². The van der Waals surface area contributed by atoms with E-state index in [0.29, 0.717) is 0 Å². The molecule has 0 fully saturated rings. The molecule has 1 aliphatic heterocycles. The highest BCUT2D eigenvalue weighted by molar-refractivity contribution is 7.91. The molecule has 0 atom stereocenters. The summed E-state index contributed by atoms with van der Waals surface area (Å²) in [6, 6.07) is 41.7. The summed E-state index contributed by atoms with van der Waals surface area (Å²) in [4.78, 5) is 9.85. The van der Waals surface area contributed by atoms with Gasteiger partial charge in [-0.2, -0.15) is 0 Å². The Bertz CT molecular complexity index is 2250. The highest BCUT2D eigenvalue weighted by Gasteiger charge is 2.52. The maximum absolute atomic E-state index is 13.7. The minimum Gasteiger partial charge on any atom is -0.310 e. The quantitative estimate of drug-likeness (QED) is 0.193. The van der Waals surface area contributed by atoms with E-state index in [0.717, 1.165) is 28.3 Å². The van der Waals surface area contributed by atoms with Gasteiger partial charge < -0.3 is 4.90 Å². The first-order valence-corrected chi connectivity index (χ1v) is 17.8. The molecular weight excluding hydrogens is 613 g/mol. The fourth-order valence-electron chi connectivity index (χ4n) is 7.06. The monoisotopic (exact) mass is 636 g/mol. The van der Waals surface area contributed by atoms with Gasteiger partial charge in [-0.1, -0.05) is 54.6 Å². The number of benzene rings is 4. The van der Waals surface area contributed by atoms with Crippen LogP contribution >= 0.6 is 22.7 Å². The third kappa shape index (κ3) is 3.69.